The summed E-state index contributed by atoms with van der Waals surface area (Å²) in [5, 5.41) is 3.47. The summed E-state index contributed by atoms with van der Waals surface area (Å²) >= 11 is 6.09. The van der Waals surface area contributed by atoms with Crippen molar-refractivity contribution in [2.24, 2.45) is 5.41 Å². The highest BCUT2D eigenvalue weighted by Gasteiger charge is 2.28. The maximum Gasteiger partial charge on any atom is 0.254 e. The smallest absolute Gasteiger partial charge is 0.254 e. The molecule has 1 aromatic rings. The van der Waals surface area contributed by atoms with E-state index in [1.54, 1.807) is 6.07 Å². The Morgan fingerprint density at radius 1 is 1.32 bits per heavy atom. The molecule has 0 fully saturated rings. The highest BCUT2D eigenvalue weighted by Crippen LogP contribution is 2.27. The summed E-state index contributed by atoms with van der Waals surface area (Å²) in [6, 6.07) is 1.70. The Labute approximate surface area is 120 Å². The van der Waals surface area contributed by atoms with E-state index in [-0.39, 0.29) is 16.9 Å². The summed E-state index contributed by atoms with van der Waals surface area (Å²) in [6.45, 7) is 12.3. The van der Waals surface area contributed by atoms with E-state index in [9.17, 15) is 4.79 Å². The predicted octanol–water partition coefficient (Wildman–Crippen LogP) is 3.99. The summed E-state index contributed by atoms with van der Waals surface area (Å²) in [4.78, 5) is 16.4. The van der Waals surface area contributed by atoms with Gasteiger partial charge in [-0.15, -0.1) is 0 Å². The van der Waals surface area contributed by atoms with Gasteiger partial charge in [-0.25, -0.2) is 0 Å². The van der Waals surface area contributed by atoms with E-state index in [4.69, 9.17) is 11.6 Å². The van der Waals surface area contributed by atoms with E-state index in [0.29, 0.717) is 10.6 Å². The van der Waals surface area contributed by atoms with Crippen LogP contribution in [0.3, 0.4) is 0 Å². The lowest BCUT2D eigenvalue weighted by Crippen LogP contribution is -2.45. The molecule has 0 atom stereocenters. The SMILES string of the molecule is Cc1cc(Cl)c(C(=O)NC(C)(C)CC(C)(C)C)cn1. The lowest BCUT2D eigenvalue weighted by Gasteiger charge is -2.33. The molecule has 0 unspecified atom stereocenters. The Morgan fingerprint density at radius 3 is 2.37 bits per heavy atom. The summed E-state index contributed by atoms with van der Waals surface area (Å²) in [7, 11) is 0. The molecule has 0 bridgehead atoms. The Kier molecular flexibility index (Phi) is 4.62. The van der Waals surface area contributed by atoms with Crippen molar-refractivity contribution in [1.82, 2.24) is 10.3 Å². The number of carbonyl (C=O) groups excluding carboxylic acids is 1. The number of hydrogen-bond donors (Lipinski definition) is 1. The van der Waals surface area contributed by atoms with Gasteiger partial charge in [0.15, 0.2) is 0 Å². The highest BCUT2D eigenvalue weighted by atomic mass is 35.5. The van der Waals surface area contributed by atoms with Crippen molar-refractivity contribution >= 4 is 17.5 Å². The number of amides is 1. The van der Waals surface area contributed by atoms with Crippen LogP contribution in [0.1, 0.15) is 57.1 Å². The van der Waals surface area contributed by atoms with Crippen molar-refractivity contribution in [2.45, 2.75) is 53.5 Å². The quantitative estimate of drug-likeness (QED) is 0.911. The molecule has 1 amide bonds. The second-order valence-corrected chi connectivity index (χ2v) is 7.29. The van der Waals surface area contributed by atoms with Crippen LogP contribution in [0.4, 0.5) is 0 Å². The molecule has 0 saturated heterocycles. The van der Waals surface area contributed by atoms with Gasteiger partial charge in [-0.2, -0.15) is 0 Å². The number of hydrogen-bond acceptors (Lipinski definition) is 2. The predicted molar refractivity (Wildman–Crippen MR) is 79.6 cm³/mol. The topological polar surface area (TPSA) is 42.0 Å². The zero-order valence-electron chi connectivity index (χ0n) is 12.6. The van der Waals surface area contributed by atoms with E-state index in [1.807, 2.05) is 20.8 Å². The van der Waals surface area contributed by atoms with Crippen LogP contribution < -0.4 is 5.32 Å². The molecule has 3 nitrogen and oxygen atoms in total. The molecule has 19 heavy (non-hydrogen) atoms. The average Bonchev–Trinajstić information content (AvgIpc) is 2.11. The highest BCUT2D eigenvalue weighted by molar-refractivity contribution is 6.33. The summed E-state index contributed by atoms with van der Waals surface area (Å²) in [5.74, 6) is -0.174. The van der Waals surface area contributed by atoms with Crippen LogP contribution in [0, 0.1) is 12.3 Å². The lowest BCUT2D eigenvalue weighted by molar-refractivity contribution is 0.0891. The Bertz CT molecular complexity index is 476. The number of aryl methyl sites for hydroxylation is 1. The van der Waals surface area contributed by atoms with Crippen LogP contribution in [-0.2, 0) is 0 Å². The molecule has 0 aliphatic rings. The zero-order valence-corrected chi connectivity index (χ0v) is 13.4. The molecule has 0 aromatic carbocycles. The second-order valence-electron chi connectivity index (χ2n) is 6.88. The molecular formula is C15H23ClN2O. The first-order valence-corrected chi connectivity index (χ1v) is 6.83. The van der Waals surface area contributed by atoms with Gasteiger partial charge in [-0.05, 0) is 38.7 Å². The standard InChI is InChI=1S/C15H23ClN2O/c1-10-7-12(16)11(8-17-10)13(19)18-15(5,6)9-14(2,3)4/h7-8H,9H2,1-6H3,(H,18,19). The molecule has 1 N–H and O–H groups in total. The van der Waals surface area contributed by atoms with Gasteiger partial charge in [0, 0.05) is 17.4 Å². The van der Waals surface area contributed by atoms with Crippen molar-refractivity contribution in [1.29, 1.82) is 0 Å². The molecule has 1 heterocycles. The molecule has 0 aliphatic heterocycles. The summed E-state index contributed by atoms with van der Waals surface area (Å²) in [6.07, 6.45) is 2.41. The third kappa shape index (κ3) is 5.19. The summed E-state index contributed by atoms with van der Waals surface area (Å²) in [5.41, 5.74) is 1.08. The van der Waals surface area contributed by atoms with Gasteiger partial charge < -0.3 is 5.32 Å². The maximum absolute atomic E-state index is 12.2. The van der Waals surface area contributed by atoms with E-state index in [1.165, 1.54) is 6.20 Å². The van der Waals surface area contributed by atoms with E-state index in [2.05, 4.69) is 31.1 Å². The first-order valence-electron chi connectivity index (χ1n) is 6.45. The van der Waals surface area contributed by atoms with E-state index in [0.717, 1.165) is 12.1 Å². The maximum atomic E-state index is 12.2. The van der Waals surface area contributed by atoms with Gasteiger partial charge in [-0.1, -0.05) is 32.4 Å². The van der Waals surface area contributed by atoms with Crippen molar-refractivity contribution in [3.05, 3.63) is 28.5 Å². The largest absolute Gasteiger partial charge is 0.347 e. The van der Waals surface area contributed by atoms with Gasteiger partial charge >= 0.3 is 0 Å². The lowest BCUT2D eigenvalue weighted by atomic mass is 9.81. The van der Waals surface area contributed by atoms with Crippen LogP contribution in [-0.4, -0.2) is 16.4 Å². The molecule has 0 spiro atoms. The van der Waals surface area contributed by atoms with Crippen molar-refractivity contribution in [2.75, 3.05) is 0 Å². The number of nitrogens with zero attached hydrogens (tertiary/aromatic N) is 1. The minimum Gasteiger partial charge on any atom is -0.347 e. The van der Waals surface area contributed by atoms with Crippen LogP contribution in [0.5, 0.6) is 0 Å². The molecule has 1 aromatic heterocycles. The van der Waals surface area contributed by atoms with E-state index >= 15 is 0 Å². The molecule has 0 aliphatic carbocycles. The minimum atomic E-state index is -0.288. The Hall–Kier alpha value is -1.09. The molecule has 4 heteroatoms. The fourth-order valence-electron chi connectivity index (χ4n) is 2.44. The van der Waals surface area contributed by atoms with Crippen LogP contribution in [0.15, 0.2) is 12.3 Å². The number of pyridine rings is 1. The molecule has 1 rings (SSSR count). The number of carbonyl (C=O) groups is 1. The Balaban J connectivity index is 2.84. The fourth-order valence-corrected chi connectivity index (χ4v) is 2.73. The average molecular weight is 283 g/mol. The number of halogens is 1. The van der Waals surface area contributed by atoms with Crippen LogP contribution in [0.25, 0.3) is 0 Å². The zero-order chi connectivity index (χ0) is 14.8. The van der Waals surface area contributed by atoms with Crippen molar-refractivity contribution in [3.63, 3.8) is 0 Å². The van der Waals surface area contributed by atoms with E-state index < -0.39 is 0 Å². The molecule has 0 saturated carbocycles. The van der Waals surface area contributed by atoms with Gasteiger partial charge in [-0.3, -0.25) is 9.78 Å². The number of rotatable bonds is 3. The second kappa shape index (κ2) is 5.49. The molecule has 0 radical (unpaired) electrons. The third-order valence-corrected chi connectivity index (χ3v) is 2.97. The minimum absolute atomic E-state index is 0.145. The monoisotopic (exact) mass is 282 g/mol. The Morgan fingerprint density at radius 2 is 1.89 bits per heavy atom. The van der Waals surface area contributed by atoms with Crippen LogP contribution >= 0.6 is 11.6 Å². The van der Waals surface area contributed by atoms with Crippen molar-refractivity contribution in [3.8, 4) is 0 Å². The number of aromatic nitrogens is 1. The molecule has 106 valence electrons. The third-order valence-electron chi connectivity index (χ3n) is 2.66. The van der Waals surface area contributed by atoms with Crippen molar-refractivity contribution < 1.29 is 4.79 Å². The van der Waals surface area contributed by atoms with Crippen LogP contribution in [0.2, 0.25) is 5.02 Å². The van der Waals surface area contributed by atoms with Gasteiger partial charge in [0.1, 0.15) is 0 Å². The van der Waals surface area contributed by atoms with Gasteiger partial charge in [0.05, 0.1) is 10.6 Å². The van der Waals surface area contributed by atoms with Gasteiger partial charge in [0.25, 0.3) is 5.91 Å². The summed E-state index contributed by atoms with van der Waals surface area (Å²) < 4.78 is 0. The molecular weight excluding hydrogens is 260 g/mol. The first kappa shape index (κ1) is 16.0. The normalized spacial score (nSPS) is 12.4. The fraction of sp³-hybridized carbons (Fsp3) is 0.600. The van der Waals surface area contributed by atoms with Gasteiger partial charge in [0.2, 0.25) is 0 Å². The first-order chi connectivity index (χ1) is 8.50. The number of nitrogens with one attached hydrogen (secondary N) is 1.